The fraction of sp³-hybridized carbons (Fsp3) is 0.684. The molecule has 2 rings (SSSR count). The maximum absolute atomic E-state index is 5.81. The van der Waals surface area contributed by atoms with Gasteiger partial charge in [-0.15, -0.1) is 0 Å². The van der Waals surface area contributed by atoms with Gasteiger partial charge in [0.25, 0.3) is 0 Å². The Morgan fingerprint density at radius 1 is 0.885 bits per heavy atom. The average molecular weight is 360 g/mol. The van der Waals surface area contributed by atoms with E-state index in [-0.39, 0.29) is 5.95 Å². The SMILES string of the molecule is CCCCCCCCCCCc1nccn1-c1nc(N)nc(CCN)n1. The monoisotopic (exact) mass is 359 g/mol. The van der Waals surface area contributed by atoms with Gasteiger partial charge in [-0.1, -0.05) is 58.3 Å². The summed E-state index contributed by atoms with van der Waals surface area (Å²) in [4.78, 5) is 17.3. The van der Waals surface area contributed by atoms with Crippen molar-refractivity contribution in [3.05, 3.63) is 24.0 Å². The van der Waals surface area contributed by atoms with Crippen LogP contribution in [0.25, 0.3) is 5.95 Å². The molecule has 0 aliphatic rings. The summed E-state index contributed by atoms with van der Waals surface area (Å²) in [5.74, 6) is 2.35. The van der Waals surface area contributed by atoms with Crippen LogP contribution in [0.15, 0.2) is 12.4 Å². The number of imidazole rings is 1. The van der Waals surface area contributed by atoms with E-state index in [1.54, 1.807) is 6.20 Å². The van der Waals surface area contributed by atoms with Gasteiger partial charge in [-0.25, -0.2) is 4.98 Å². The zero-order chi connectivity index (χ0) is 18.6. The number of aryl methyl sites for hydroxylation is 1. The first-order valence-corrected chi connectivity index (χ1v) is 9.97. The van der Waals surface area contributed by atoms with Gasteiger partial charge in [0, 0.05) is 25.2 Å². The number of nitrogens with zero attached hydrogens (tertiary/aromatic N) is 5. The number of unbranched alkanes of at least 4 members (excludes halogenated alkanes) is 8. The molecule has 4 N–H and O–H groups in total. The number of rotatable bonds is 13. The van der Waals surface area contributed by atoms with Gasteiger partial charge in [0.2, 0.25) is 11.9 Å². The van der Waals surface area contributed by atoms with Crippen LogP contribution in [-0.2, 0) is 12.8 Å². The van der Waals surface area contributed by atoms with Gasteiger partial charge >= 0.3 is 0 Å². The van der Waals surface area contributed by atoms with Crippen LogP contribution < -0.4 is 11.5 Å². The van der Waals surface area contributed by atoms with Crippen LogP contribution in [0.2, 0.25) is 0 Å². The molecule has 7 nitrogen and oxygen atoms in total. The van der Waals surface area contributed by atoms with E-state index in [1.807, 2.05) is 10.8 Å². The first-order chi connectivity index (χ1) is 12.7. The van der Waals surface area contributed by atoms with Crippen molar-refractivity contribution in [3.8, 4) is 5.95 Å². The molecule has 7 heteroatoms. The Labute approximate surface area is 156 Å². The summed E-state index contributed by atoms with van der Waals surface area (Å²) in [7, 11) is 0. The highest BCUT2D eigenvalue weighted by molar-refractivity contribution is 5.25. The van der Waals surface area contributed by atoms with Gasteiger partial charge in [-0.05, 0) is 13.0 Å². The molecule has 0 saturated heterocycles. The van der Waals surface area contributed by atoms with E-state index < -0.39 is 0 Å². The molecule has 0 amide bonds. The number of anilines is 1. The van der Waals surface area contributed by atoms with Crippen LogP contribution in [0.1, 0.15) is 76.4 Å². The summed E-state index contributed by atoms with van der Waals surface area (Å²) in [6.07, 6.45) is 17.0. The number of nitrogen functional groups attached to an aromatic ring is 1. The lowest BCUT2D eigenvalue weighted by atomic mass is 10.1. The highest BCUT2D eigenvalue weighted by Crippen LogP contribution is 2.13. The van der Waals surface area contributed by atoms with Crippen molar-refractivity contribution in [1.29, 1.82) is 0 Å². The summed E-state index contributed by atoms with van der Waals surface area (Å²) in [5.41, 5.74) is 11.4. The van der Waals surface area contributed by atoms with Crippen molar-refractivity contribution in [1.82, 2.24) is 24.5 Å². The Balaban J connectivity index is 1.80. The molecular formula is C19H33N7. The first-order valence-electron chi connectivity index (χ1n) is 9.97. The predicted octanol–water partition coefficient (Wildman–Crippen LogP) is 3.21. The highest BCUT2D eigenvalue weighted by Gasteiger charge is 2.10. The van der Waals surface area contributed by atoms with Crippen LogP contribution in [-0.4, -0.2) is 31.0 Å². The molecule has 2 aromatic rings. The normalized spacial score (nSPS) is 11.2. The summed E-state index contributed by atoms with van der Waals surface area (Å²) < 4.78 is 1.91. The van der Waals surface area contributed by atoms with Crippen molar-refractivity contribution >= 4 is 5.95 Å². The van der Waals surface area contributed by atoms with E-state index in [4.69, 9.17) is 11.5 Å². The second-order valence-corrected chi connectivity index (χ2v) is 6.74. The van der Waals surface area contributed by atoms with Crippen LogP contribution in [0, 0.1) is 0 Å². The number of nitrogens with two attached hydrogens (primary N) is 2. The lowest BCUT2D eigenvalue weighted by molar-refractivity contribution is 0.560. The molecule has 0 saturated carbocycles. The van der Waals surface area contributed by atoms with Gasteiger partial charge in [-0.3, -0.25) is 4.57 Å². The van der Waals surface area contributed by atoms with E-state index in [1.165, 1.54) is 51.4 Å². The van der Waals surface area contributed by atoms with E-state index in [0.29, 0.717) is 24.7 Å². The number of aromatic nitrogens is 5. The van der Waals surface area contributed by atoms with Crippen LogP contribution >= 0.6 is 0 Å². The molecule has 0 bridgehead atoms. The topological polar surface area (TPSA) is 109 Å². The lowest BCUT2D eigenvalue weighted by Gasteiger charge is -2.08. The molecule has 0 aliphatic carbocycles. The molecule has 0 fully saturated rings. The molecule has 0 atom stereocenters. The van der Waals surface area contributed by atoms with E-state index in [9.17, 15) is 0 Å². The summed E-state index contributed by atoms with van der Waals surface area (Å²) in [5, 5.41) is 0. The van der Waals surface area contributed by atoms with Gasteiger partial charge in [0.05, 0.1) is 0 Å². The molecule has 0 aromatic carbocycles. The Kier molecular flexibility index (Phi) is 9.03. The molecule has 0 radical (unpaired) electrons. The highest BCUT2D eigenvalue weighted by atomic mass is 15.2. The zero-order valence-corrected chi connectivity index (χ0v) is 16.0. The van der Waals surface area contributed by atoms with Gasteiger partial charge in [-0.2, -0.15) is 15.0 Å². The zero-order valence-electron chi connectivity index (χ0n) is 16.0. The first kappa shape index (κ1) is 20.3. The smallest absolute Gasteiger partial charge is 0.240 e. The van der Waals surface area contributed by atoms with Crippen molar-refractivity contribution in [2.45, 2.75) is 77.6 Å². The van der Waals surface area contributed by atoms with Gasteiger partial charge < -0.3 is 11.5 Å². The van der Waals surface area contributed by atoms with Crippen LogP contribution in [0.5, 0.6) is 0 Å². The van der Waals surface area contributed by atoms with Gasteiger partial charge in [0.15, 0.2) is 0 Å². The fourth-order valence-electron chi connectivity index (χ4n) is 3.07. The van der Waals surface area contributed by atoms with E-state index in [2.05, 4.69) is 26.9 Å². The minimum absolute atomic E-state index is 0.223. The Hall–Kier alpha value is -2.02. The Morgan fingerprint density at radius 2 is 1.58 bits per heavy atom. The minimum atomic E-state index is 0.223. The third-order valence-electron chi connectivity index (χ3n) is 4.49. The molecule has 0 aliphatic heterocycles. The molecule has 26 heavy (non-hydrogen) atoms. The van der Waals surface area contributed by atoms with E-state index >= 15 is 0 Å². The second-order valence-electron chi connectivity index (χ2n) is 6.74. The minimum Gasteiger partial charge on any atom is -0.368 e. The third kappa shape index (κ3) is 6.71. The number of hydrogen-bond acceptors (Lipinski definition) is 6. The van der Waals surface area contributed by atoms with Gasteiger partial charge in [0.1, 0.15) is 11.6 Å². The second kappa shape index (κ2) is 11.6. The maximum atomic E-state index is 5.81. The standard InChI is InChI=1S/C19H33N7/c1-2-3-4-5-6-7-8-9-10-11-17-22-14-15-26(17)19-24-16(12-13-20)23-18(21)25-19/h14-15H,2-13,20H2,1H3,(H2,21,23,24,25). The third-order valence-corrected chi connectivity index (χ3v) is 4.49. The molecule has 2 aromatic heterocycles. The van der Waals surface area contributed by atoms with E-state index in [0.717, 1.165) is 18.7 Å². The number of hydrogen-bond donors (Lipinski definition) is 2. The van der Waals surface area contributed by atoms with Crippen molar-refractivity contribution < 1.29 is 0 Å². The Bertz CT molecular complexity index is 639. The molecule has 144 valence electrons. The Morgan fingerprint density at radius 3 is 2.27 bits per heavy atom. The van der Waals surface area contributed by atoms with Crippen molar-refractivity contribution in [2.24, 2.45) is 5.73 Å². The fourth-order valence-corrected chi connectivity index (χ4v) is 3.07. The average Bonchev–Trinajstić information content (AvgIpc) is 3.09. The quantitative estimate of drug-likeness (QED) is 0.532. The maximum Gasteiger partial charge on any atom is 0.240 e. The van der Waals surface area contributed by atoms with Crippen molar-refractivity contribution in [2.75, 3.05) is 12.3 Å². The largest absolute Gasteiger partial charge is 0.368 e. The summed E-state index contributed by atoms with van der Waals surface area (Å²) in [6, 6.07) is 0. The lowest BCUT2D eigenvalue weighted by Crippen LogP contribution is -2.14. The van der Waals surface area contributed by atoms with Crippen LogP contribution in [0.3, 0.4) is 0 Å². The molecular weight excluding hydrogens is 326 g/mol. The molecule has 0 spiro atoms. The summed E-state index contributed by atoms with van der Waals surface area (Å²) in [6.45, 7) is 2.74. The molecule has 2 heterocycles. The predicted molar refractivity (Wildman–Crippen MR) is 105 cm³/mol. The van der Waals surface area contributed by atoms with Crippen LogP contribution in [0.4, 0.5) is 5.95 Å². The van der Waals surface area contributed by atoms with Crippen molar-refractivity contribution in [3.63, 3.8) is 0 Å². The summed E-state index contributed by atoms with van der Waals surface area (Å²) >= 11 is 0. The molecule has 0 unspecified atom stereocenters.